The SMILES string of the molecule is O=S(=O)=c1cnon1O. The molecule has 0 aliphatic rings. The van der Waals surface area contributed by atoms with Crippen LogP contribution in [0.3, 0.4) is 0 Å². The highest BCUT2D eigenvalue weighted by molar-refractivity contribution is 7.63. The van der Waals surface area contributed by atoms with Gasteiger partial charge in [-0.15, -0.1) is 0 Å². The molecule has 6 nitrogen and oxygen atoms in total. The van der Waals surface area contributed by atoms with E-state index in [9.17, 15) is 8.42 Å². The van der Waals surface area contributed by atoms with Gasteiger partial charge in [0.25, 0.3) is 4.64 Å². The fraction of sp³-hybridized carbons (Fsp3) is 0. The predicted octanol–water partition coefficient (Wildman–Crippen LogP) is -0.876. The van der Waals surface area contributed by atoms with Gasteiger partial charge >= 0.3 is 0 Å². The minimum atomic E-state index is -2.50. The molecule has 0 atom stereocenters. The van der Waals surface area contributed by atoms with Crippen LogP contribution in [-0.2, 0) is 10.3 Å². The Morgan fingerprint density at radius 3 is 2.67 bits per heavy atom. The summed E-state index contributed by atoms with van der Waals surface area (Å²) in [5, 5.41) is 11.4. The molecule has 1 rings (SSSR count). The molecule has 9 heavy (non-hydrogen) atoms. The smallest absolute Gasteiger partial charge is 0.260 e. The van der Waals surface area contributed by atoms with Crippen LogP contribution in [0, 0.1) is 4.64 Å². The maximum absolute atomic E-state index is 10.0. The summed E-state index contributed by atoms with van der Waals surface area (Å²) < 4.78 is 23.6. The van der Waals surface area contributed by atoms with E-state index >= 15 is 0 Å². The Morgan fingerprint density at radius 1 is 1.78 bits per heavy atom. The molecular weight excluding hydrogens is 148 g/mol. The van der Waals surface area contributed by atoms with E-state index < -0.39 is 14.9 Å². The van der Waals surface area contributed by atoms with Crippen LogP contribution in [-0.4, -0.2) is 23.7 Å². The van der Waals surface area contributed by atoms with Gasteiger partial charge in [-0.05, 0) is 0 Å². The third kappa shape index (κ3) is 0.941. The molecule has 0 radical (unpaired) electrons. The van der Waals surface area contributed by atoms with Crippen molar-refractivity contribution in [3.63, 3.8) is 0 Å². The maximum Gasteiger partial charge on any atom is 0.260 e. The molecule has 0 fully saturated rings. The van der Waals surface area contributed by atoms with Crippen molar-refractivity contribution in [3.05, 3.63) is 10.8 Å². The van der Waals surface area contributed by atoms with Gasteiger partial charge in [-0.1, -0.05) is 5.16 Å². The molecule has 1 aromatic rings. The quantitative estimate of drug-likeness (QED) is 0.383. The predicted molar refractivity (Wildman–Crippen MR) is 23.8 cm³/mol. The highest BCUT2D eigenvalue weighted by Crippen LogP contribution is 1.80. The van der Waals surface area contributed by atoms with Gasteiger partial charge in [-0.2, -0.15) is 8.42 Å². The molecule has 0 bridgehead atoms. The van der Waals surface area contributed by atoms with Crippen molar-refractivity contribution in [2.75, 3.05) is 0 Å². The summed E-state index contributed by atoms with van der Waals surface area (Å²) in [4.78, 5) is 0.0586. The lowest BCUT2D eigenvalue weighted by atomic mass is 11.0. The van der Waals surface area contributed by atoms with Crippen LogP contribution < -0.4 is 0 Å². The zero-order chi connectivity index (χ0) is 6.85. The first kappa shape index (κ1) is 5.89. The maximum atomic E-state index is 10.0. The lowest BCUT2D eigenvalue weighted by Crippen LogP contribution is -1.86. The first-order valence-corrected chi connectivity index (χ1v) is 2.95. The Morgan fingerprint density at radius 2 is 2.44 bits per heavy atom. The number of aromatic nitrogens is 2. The molecule has 50 valence electrons. The summed E-state index contributed by atoms with van der Waals surface area (Å²) in [6.45, 7) is 0. The van der Waals surface area contributed by atoms with Crippen LogP contribution in [0.2, 0.25) is 0 Å². The number of hydrogen-bond donors (Lipinski definition) is 1. The minimum absolute atomic E-state index is 0.0586. The molecule has 1 aromatic heterocycles. The summed E-state index contributed by atoms with van der Waals surface area (Å²) in [6.07, 6.45) is 0.878. The highest BCUT2D eigenvalue weighted by Gasteiger charge is 1.92. The van der Waals surface area contributed by atoms with Crippen molar-refractivity contribution in [2.45, 2.75) is 0 Å². The fourth-order valence-electron chi connectivity index (χ4n) is 0.310. The summed E-state index contributed by atoms with van der Waals surface area (Å²) >= 11 is 0. The van der Waals surface area contributed by atoms with Gasteiger partial charge in [0.15, 0.2) is 0 Å². The third-order valence-electron chi connectivity index (χ3n) is 0.647. The Balaban J connectivity index is 3.81. The van der Waals surface area contributed by atoms with Crippen molar-refractivity contribution in [1.29, 1.82) is 0 Å². The van der Waals surface area contributed by atoms with Gasteiger partial charge in [0.05, 0.1) is 0 Å². The molecule has 0 aliphatic heterocycles. The Bertz CT molecular complexity index is 348. The average molecular weight is 150 g/mol. The Kier molecular flexibility index (Phi) is 1.27. The monoisotopic (exact) mass is 150 g/mol. The number of hydrogen-bond acceptors (Lipinski definition) is 5. The van der Waals surface area contributed by atoms with Crippen molar-refractivity contribution in [3.8, 4) is 0 Å². The highest BCUT2D eigenvalue weighted by atomic mass is 32.2. The van der Waals surface area contributed by atoms with E-state index in [2.05, 4.69) is 9.79 Å². The molecule has 0 aliphatic carbocycles. The Labute approximate surface area is 50.4 Å². The van der Waals surface area contributed by atoms with Crippen molar-refractivity contribution >= 4 is 10.3 Å². The second-order valence-corrected chi connectivity index (χ2v) is 2.05. The minimum Gasteiger partial charge on any atom is -0.398 e. The molecule has 1 heterocycles. The molecule has 1 N–H and O–H groups in total. The normalized spacial score (nSPS) is 9.33. The molecule has 7 heteroatoms. The second kappa shape index (κ2) is 1.94. The molecule has 0 spiro atoms. The van der Waals surface area contributed by atoms with E-state index in [1.54, 1.807) is 0 Å². The summed E-state index contributed by atoms with van der Waals surface area (Å²) in [6, 6.07) is 0. The van der Waals surface area contributed by atoms with Gasteiger partial charge in [0.2, 0.25) is 10.3 Å². The van der Waals surface area contributed by atoms with E-state index in [4.69, 9.17) is 5.21 Å². The van der Waals surface area contributed by atoms with Gasteiger partial charge in [-0.3, -0.25) is 0 Å². The van der Waals surface area contributed by atoms with Gasteiger partial charge in [-0.25, -0.2) is 4.63 Å². The summed E-state index contributed by atoms with van der Waals surface area (Å²) in [7, 11) is -2.50. The van der Waals surface area contributed by atoms with Gasteiger partial charge < -0.3 is 5.21 Å². The van der Waals surface area contributed by atoms with Crippen LogP contribution in [0.4, 0.5) is 0 Å². The van der Waals surface area contributed by atoms with Crippen LogP contribution in [0.1, 0.15) is 0 Å². The third-order valence-corrected chi connectivity index (χ3v) is 1.25. The van der Waals surface area contributed by atoms with E-state index in [0.29, 0.717) is 0 Å². The van der Waals surface area contributed by atoms with Crippen LogP contribution >= 0.6 is 0 Å². The topological polar surface area (TPSA) is 85.3 Å². The summed E-state index contributed by atoms with van der Waals surface area (Å²) in [5.41, 5.74) is 0. The van der Waals surface area contributed by atoms with Crippen LogP contribution in [0.5, 0.6) is 0 Å². The molecule has 0 unspecified atom stereocenters. The number of nitrogens with zero attached hydrogens (tertiary/aromatic N) is 2. The van der Waals surface area contributed by atoms with E-state index in [-0.39, 0.29) is 4.90 Å². The lowest BCUT2D eigenvalue weighted by molar-refractivity contribution is -0.0217. The summed E-state index contributed by atoms with van der Waals surface area (Å²) in [5.74, 6) is 0. The molecule has 0 saturated heterocycles. The van der Waals surface area contributed by atoms with Crippen molar-refractivity contribution < 1.29 is 18.3 Å². The van der Waals surface area contributed by atoms with E-state index in [0.717, 1.165) is 6.20 Å². The molecule has 0 amide bonds. The first-order chi connectivity index (χ1) is 4.22. The fourth-order valence-corrected chi connectivity index (χ4v) is 0.600. The lowest BCUT2D eigenvalue weighted by Gasteiger charge is -1.75. The largest absolute Gasteiger partial charge is 0.398 e. The van der Waals surface area contributed by atoms with Crippen LogP contribution in [0.15, 0.2) is 10.8 Å². The zero-order valence-corrected chi connectivity index (χ0v) is 4.87. The van der Waals surface area contributed by atoms with Crippen LogP contribution in [0.25, 0.3) is 0 Å². The standard InChI is InChI=1S/C2H2N2O4S/c5-4-2(9(6)7)1-3-8-4/h1,5H. The van der Waals surface area contributed by atoms with Crippen molar-refractivity contribution in [1.82, 2.24) is 10.1 Å². The van der Waals surface area contributed by atoms with Gasteiger partial charge in [0.1, 0.15) is 6.20 Å². The Hall–Kier alpha value is -1.24. The number of rotatable bonds is 0. The van der Waals surface area contributed by atoms with Gasteiger partial charge in [0, 0.05) is 4.90 Å². The zero-order valence-electron chi connectivity index (χ0n) is 4.05. The molecule has 0 saturated carbocycles. The average Bonchev–Trinajstić information content (AvgIpc) is 2.13. The molecular formula is C2H2N2O4S. The van der Waals surface area contributed by atoms with Crippen molar-refractivity contribution in [2.24, 2.45) is 0 Å². The second-order valence-electron chi connectivity index (χ2n) is 1.16. The van der Waals surface area contributed by atoms with E-state index in [1.807, 2.05) is 0 Å². The van der Waals surface area contributed by atoms with E-state index in [1.165, 1.54) is 0 Å². The first-order valence-electron chi connectivity index (χ1n) is 1.87. The molecule has 0 aromatic carbocycles.